The van der Waals surface area contributed by atoms with Crippen LogP contribution < -0.4 is 4.74 Å². The molecule has 3 aliphatic heterocycles. The number of methoxy groups -OCH3 is 1. The number of benzene rings is 3. The van der Waals surface area contributed by atoms with E-state index < -0.39 is 5.60 Å². The molecule has 10 nitrogen and oxygen atoms in total. The molecule has 1 amide bonds. The highest BCUT2D eigenvalue weighted by molar-refractivity contribution is 6.07. The second-order valence-electron chi connectivity index (χ2n) is 15.0. The van der Waals surface area contributed by atoms with Crippen LogP contribution in [0.15, 0.2) is 48.7 Å². The molecule has 0 saturated carbocycles. The number of aromatic nitrogens is 4. The lowest BCUT2D eigenvalue weighted by Crippen LogP contribution is -2.37. The summed E-state index contributed by atoms with van der Waals surface area (Å²) in [6.45, 7) is 10.7. The van der Waals surface area contributed by atoms with Gasteiger partial charge >= 0.3 is 6.09 Å². The molecule has 0 radical (unpaired) electrons. The van der Waals surface area contributed by atoms with Gasteiger partial charge in [0.15, 0.2) is 0 Å². The van der Waals surface area contributed by atoms with Crippen LogP contribution in [0.25, 0.3) is 44.2 Å². The molecule has 0 spiro atoms. The van der Waals surface area contributed by atoms with Crippen LogP contribution in [-0.2, 0) is 16.1 Å². The summed E-state index contributed by atoms with van der Waals surface area (Å²) in [5, 5.41) is 2.10. The van der Waals surface area contributed by atoms with E-state index in [2.05, 4.69) is 71.3 Å². The van der Waals surface area contributed by atoms with Gasteiger partial charge in [0, 0.05) is 37.1 Å². The van der Waals surface area contributed by atoms with Gasteiger partial charge in [-0.3, -0.25) is 9.80 Å². The number of amides is 1. The summed E-state index contributed by atoms with van der Waals surface area (Å²) in [4.78, 5) is 34.4. The third-order valence-corrected chi connectivity index (χ3v) is 10.1. The molecule has 2 N–H and O–H groups in total. The Bertz CT molecular complexity index is 2030. The Morgan fingerprint density at radius 1 is 1.02 bits per heavy atom. The number of rotatable bonds is 5. The first-order valence-electron chi connectivity index (χ1n) is 17.0. The quantitative estimate of drug-likeness (QED) is 0.202. The number of nitrogens with zero attached hydrogens (tertiary/aromatic N) is 4. The first-order chi connectivity index (χ1) is 23.0. The van der Waals surface area contributed by atoms with Crippen molar-refractivity contribution in [3.63, 3.8) is 0 Å². The third-order valence-electron chi connectivity index (χ3n) is 10.1. The summed E-state index contributed by atoms with van der Waals surface area (Å²) >= 11 is 0. The van der Waals surface area contributed by atoms with Crippen molar-refractivity contribution in [2.24, 2.45) is 11.8 Å². The van der Waals surface area contributed by atoms with Crippen molar-refractivity contribution in [3.8, 4) is 28.1 Å². The van der Waals surface area contributed by atoms with Gasteiger partial charge < -0.3 is 24.2 Å². The van der Waals surface area contributed by atoms with E-state index >= 15 is 0 Å². The molecular formula is C38H44N6O4. The maximum atomic E-state index is 13.3. The lowest BCUT2D eigenvalue weighted by atomic mass is 9.92. The molecule has 0 aliphatic carbocycles. The summed E-state index contributed by atoms with van der Waals surface area (Å²) in [5.41, 5.74) is 6.75. The number of fused-ring (bicyclic) bond motifs is 6. The molecule has 8 rings (SSSR count). The molecule has 3 aromatic carbocycles. The van der Waals surface area contributed by atoms with Gasteiger partial charge in [-0.05, 0) is 92.9 Å². The van der Waals surface area contributed by atoms with Crippen LogP contribution in [0, 0.1) is 11.8 Å². The minimum Gasteiger partial charge on any atom is -0.488 e. The first-order valence-corrected chi connectivity index (χ1v) is 17.0. The number of carbonyl (C=O) groups is 1. The van der Waals surface area contributed by atoms with E-state index in [4.69, 9.17) is 24.2 Å². The molecule has 4 atom stereocenters. The van der Waals surface area contributed by atoms with Crippen molar-refractivity contribution in [1.82, 2.24) is 29.7 Å². The smallest absolute Gasteiger partial charge is 0.410 e. The number of likely N-dealkylation sites (tertiary alicyclic amines) is 2. The zero-order valence-corrected chi connectivity index (χ0v) is 28.6. The van der Waals surface area contributed by atoms with Gasteiger partial charge in [-0.2, -0.15) is 0 Å². The molecule has 2 aromatic heterocycles. The summed E-state index contributed by atoms with van der Waals surface area (Å²) in [6, 6.07) is 15.2. The van der Waals surface area contributed by atoms with Crippen LogP contribution in [0.4, 0.5) is 4.79 Å². The lowest BCUT2D eigenvalue weighted by Gasteiger charge is -2.27. The Kier molecular flexibility index (Phi) is 7.49. The van der Waals surface area contributed by atoms with Gasteiger partial charge in [-0.1, -0.05) is 25.1 Å². The number of hydrogen-bond acceptors (Lipinski definition) is 7. The molecule has 5 heterocycles. The highest BCUT2D eigenvalue weighted by Crippen LogP contribution is 2.44. The van der Waals surface area contributed by atoms with Crippen molar-refractivity contribution >= 4 is 27.9 Å². The normalized spacial score (nSPS) is 22.7. The zero-order valence-electron chi connectivity index (χ0n) is 28.6. The molecule has 3 aliphatic rings. The lowest BCUT2D eigenvalue weighted by molar-refractivity contribution is 0.0209. The Balaban J connectivity index is 1.10. The summed E-state index contributed by atoms with van der Waals surface area (Å²) in [6.07, 6.45) is 3.50. The van der Waals surface area contributed by atoms with Crippen LogP contribution in [0.1, 0.15) is 69.8 Å². The van der Waals surface area contributed by atoms with E-state index in [1.54, 1.807) is 12.0 Å². The minimum absolute atomic E-state index is 0.201. The van der Waals surface area contributed by atoms with Crippen LogP contribution in [0.3, 0.4) is 0 Å². The molecule has 2 fully saturated rings. The van der Waals surface area contributed by atoms with Crippen LogP contribution in [0.2, 0.25) is 0 Å². The number of hydrogen-bond donors (Lipinski definition) is 2. The number of carbonyl (C=O) groups excluding carboxylic acids is 1. The van der Waals surface area contributed by atoms with Crippen molar-refractivity contribution in [2.45, 2.75) is 64.8 Å². The average molecular weight is 649 g/mol. The van der Waals surface area contributed by atoms with Crippen LogP contribution in [0.5, 0.6) is 5.75 Å². The fraction of sp³-hybridized carbons (Fsp3) is 0.447. The van der Waals surface area contributed by atoms with Crippen molar-refractivity contribution < 1.29 is 19.0 Å². The second kappa shape index (κ2) is 11.6. The summed E-state index contributed by atoms with van der Waals surface area (Å²) in [7, 11) is 3.88. The number of aromatic amines is 2. The van der Waals surface area contributed by atoms with E-state index in [1.807, 2.05) is 27.0 Å². The molecular weight excluding hydrogens is 604 g/mol. The SMILES string of the molecule is COC[C@H]1C[C@@H](c2nc3c(ccc4cc5c(cc43)OCc3cc(-c4cnc([C@@H]6C[C@H](C)CN6C)[nH]4)ccc3-5)[nH]2)N(C(=O)OC(C)(C)C)C1. The highest BCUT2D eigenvalue weighted by Gasteiger charge is 2.40. The second-order valence-corrected chi connectivity index (χ2v) is 15.0. The van der Waals surface area contributed by atoms with Crippen LogP contribution in [-0.4, -0.2) is 75.3 Å². The molecule has 2 saturated heterocycles. The highest BCUT2D eigenvalue weighted by atomic mass is 16.6. The Morgan fingerprint density at radius 3 is 2.65 bits per heavy atom. The topological polar surface area (TPSA) is 109 Å². The van der Waals surface area contributed by atoms with Crippen molar-refractivity contribution in [1.29, 1.82) is 0 Å². The standard InChI is InChI=1S/C38H44N6O4/c1-21-11-31(43(5)17-21)35-39-16-30(41-35)24-7-9-26-25(13-24)20-47-33-15-27-23(14-28(26)33)8-10-29-34(27)42-36(40-29)32-12-22(19-46-6)18-44(32)37(45)48-38(2,3)4/h7-10,13-16,21-22,31-32H,11-12,17-20H2,1-6H3,(H,39,41)(H,40,42)/t21-,22-,31-,32-/m0/s1. The molecule has 5 aromatic rings. The third kappa shape index (κ3) is 5.50. The van der Waals surface area contributed by atoms with Gasteiger partial charge in [0.05, 0.1) is 41.6 Å². The number of imidazole rings is 2. The Labute approximate surface area is 280 Å². The largest absolute Gasteiger partial charge is 0.488 e. The maximum absolute atomic E-state index is 13.3. The summed E-state index contributed by atoms with van der Waals surface area (Å²) in [5.74, 6) is 3.52. The molecule has 250 valence electrons. The predicted molar refractivity (Wildman–Crippen MR) is 186 cm³/mol. The monoisotopic (exact) mass is 648 g/mol. The first kappa shape index (κ1) is 30.9. The minimum atomic E-state index is -0.585. The Morgan fingerprint density at radius 2 is 1.88 bits per heavy atom. The van der Waals surface area contributed by atoms with Crippen molar-refractivity contribution in [2.75, 3.05) is 33.9 Å². The molecule has 10 heteroatoms. The maximum Gasteiger partial charge on any atom is 0.410 e. The van der Waals surface area contributed by atoms with Crippen molar-refractivity contribution in [3.05, 3.63) is 65.9 Å². The van der Waals surface area contributed by atoms with E-state index in [0.29, 0.717) is 31.7 Å². The number of nitrogens with one attached hydrogen (secondary N) is 2. The van der Waals surface area contributed by atoms with Gasteiger partial charge in [0.25, 0.3) is 0 Å². The summed E-state index contributed by atoms with van der Waals surface area (Å²) < 4.78 is 17.6. The molecule has 48 heavy (non-hydrogen) atoms. The average Bonchev–Trinajstić information content (AvgIpc) is 3.84. The van der Waals surface area contributed by atoms with Crippen LogP contribution >= 0.6 is 0 Å². The fourth-order valence-corrected chi connectivity index (χ4v) is 7.92. The Hall–Kier alpha value is -4.41. The zero-order chi connectivity index (χ0) is 33.3. The number of ether oxygens (including phenoxy) is 3. The van der Waals surface area contributed by atoms with Gasteiger partial charge in [-0.25, -0.2) is 14.8 Å². The van der Waals surface area contributed by atoms with E-state index in [-0.39, 0.29) is 18.1 Å². The van der Waals surface area contributed by atoms with E-state index in [0.717, 1.165) is 81.0 Å². The van der Waals surface area contributed by atoms with E-state index in [1.165, 1.54) is 5.56 Å². The van der Waals surface area contributed by atoms with Gasteiger partial charge in [-0.15, -0.1) is 0 Å². The van der Waals surface area contributed by atoms with Gasteiger partial charge in [0.2, 0.25) is 0 Å². The van der Waals surface area contributed by atoms with E-state index in [9.17, 15) is 4.79 Å². The predicted octanol–water partition coefficient (Wildman–Crippen LogP) is 7.62. The number of H-pyrrole nitrogens is 2. The molecule has 0 unspecified atom stereocenters. The molecule has 0 bridgehead atoms. The van der Waals surface area contributed by atoms with Gasteiger partial charge in [0.1, 0.15) is 29.6 Å². The fourth-order valence-electron chi connectivity index (χ4n) is 7.92.